The van der Waals surface area contributed by atoms with E-state index in [-0.39, 0.29) is 18.6 Å². The summed E-state index contributed by atoms with van der Waals surface area (Å²) < 4.78 is 38.1. The van der Waals surface area contributed by atoms with Crippen LogP contribution in [0.5, 0.6) is 0 Å². The minimum absolute atomic E-state index is 0.0698. The van der Waals surface area contributed by atoms with E-state index >= 15 is 0 Å². The molecule has 1 aromatic carbocycles. The van der Waals surface area contributed by atoms with Crippen LogP contribution in [0.4, 0.5) is 13.2 Å². The van der Waals surface area contributed by atoms with E-state index in [2.05, 4.69) is 5.32 Å². The third kappa shape index (κ3) is 4.84. The second-order valence-electron chi connectivity index (χ2n) is 4.88. The summed E-state index contributed by atoms with van der Waals surface area (Å²) in [6, 6.07) is 5.26. The molecule has 19 heavy (non-hydrogen) atoms. The number of benzene rings is 1. The van der Waals surface area contributed by atoms with Crippen LogP contribution in [0.15, 0.2) is 24.3 Å². The van der Waals surface area contributed by atoms with E-state index in [9.17, 15) is 13.2 Å². The molecule has 5 heteroatoms. The average Bonchev–Trinajstić information content (AvgIpc) is 2.33. The minimum Gasteiger partial charge on any atom is -0.396 e. The zero-order chi connectivity index (χ0) is 14.5. The van der Waals surface area contributed by atoms with E-state index in [4.69, 9.17) is 5.11 Å². The molecule has 2 N–H and O–H groups in total. The fraction of sp³-hybridized carbons (Fsp3) is 0.571. The summed E-state index contributed by atoms with van der Waals surface area (Å²) in [5.41, 5.74) is 0.00220. The smallest absolute Gasteiger partial charge is 0.396 e. The van der Waals surface area contributed by atoms with Crippen LogP contribution in [-0.4, -0.2) is 18.3 Å². The van der Waals surface area contributed by atoms with Crippen molar-refractivity contribution < 1.29 is 18.3 Å². The predicted molar refractivity (Wildman–Crippen MR) is 68.7 cm³/mol. The van der Waals surface area contributed by atoms with Crippen molar-refractivity contribution in [3.8, 4) is 0 Å². The van der Waals surface area contributed by atoms with Crippen LogP contribution < -0.4 is 5.32 Å². The molecule has 0 radical (unpaired) electrons. The molecule has 2 nitrogen and oxygen atoms in total. The zero-order valence-electron chi connectivity index (χ0n) is 11.2. The fourth-order valence-corrected chi connectivity index (χ4v) is 1.98. The van der Waals surface area contributed by atoms with Gasteiger partial charge < -0.3 is 10.4 Å². The van der Waals surface area contributed by atoms with Gasteiger partial charge in [0.2, 0.25) is 0 Å². The van der Waals surface area contributed by atoms with E-state index in [0.717, 1.165) is 6.07 Å². The Morgan fingerprint density at radius 3 is 2.47 bits per heavy atom. The minimum atomic E-state index is -4.32. The number of rotatable bonds is 6. The molecule has 0 saturated carbocycles. The van der Waals surface area contributed by atoms with Gasteiger partial charge in [-0.2, -0.15) is 13.2 Å². The third-order valence-electron chi connectivity index (χ3n) is 2.94. The van der Waals surface area contributed by atoms with Crippen molar-refractivity contribution in [1.29, 1.82) is 0 Å². The maximum absolute atomic E-state index is 12.7. The Balaban J connectivity index is 2.90. The van der Waals surface area contributed by atoms with Crippen LogP contribution in [0.2, 0.25) is 0 Å². The molecule has 0 bridgehead atoms. The molecule has 0 fully saturated rings. The van der Waals surface area contributed by atoms with Crippen molar-refractivity contribution in [2.75, 3.05) is 13.2 Å². The van der Waals surface area contributed by atoms with Crippen molar-refractivity contribution in [3.05, 3.63) is 35.4 Å². The van der Waals surface area contributed by atoms with E-state index in [1.54, 1.807) is 6.07 Å². The standard InChI is InChI=1S/C14H20F3NO/c1-10(2)13(18-7-4-8-19)11-5-3-6-12(9-11)14(15,16)17/h3,5-6,9-10,13,18-19H,4,7-8H2,1-2H3. The number of halogens is 3. The van der Waals surface area contributed by atoms with Crippen LogP contribution in [0.25, 0.3) is 0 Å². The molecular formula is C14H20F3NO. The maximum atomic E-state index is 12.7. The number of nitrogens with one attached hydrogen (secondary N) is 1. The summed E-state index contributed by atoms with van der Waals surface area (Å²) in [5.74, 6) is 0.169. The summed E-state index contributed by atoms with van der Waals surface area (Å²) in [4.78, 5) is 0. The van der Waals surface area contributed by atoms with Gasteiger partial charge in [0.1, 0.15) is 0 Å². The summed E-state index contributed by atoms with van der Waals surface area (Å²) in [6.07, 6.45) is -3.73. The number of hydrogen-bond donors (Lipinski definition) is 2. The van der Waals surface area contributed by atoms with Gasteiger partial charge in [0.05, 0.1) is 5.56 Å². The number of aliphatic hydroxyl groups excluding tert-OH is 1. The first-order valence-electron chi connectivity index (χ1n) is 6.37. The van der Waals surface area contributed by atoms with Gasteiger partial charge >= 0.3 is 6.18 Å². The van der Waals surface area contributed by atoms with Crippen LogP contribution >= 0.6 is 0 Å². The normalized spacial score (nSPS) is 13.8. The van der Waals surface area contributed by atoms with E-state index < -0.39 is 11.7 Å². The Kier molecular flexibility index (Phi) is 5.82. The van der Waals surface area contributed by atoms with Gasteiger partial charge in [-0.3, -0.25) is 0 Å². The molecule has 0 aliphatic carbocycles. The Bertz CT molecular complexity index is 391. The highest BCUT2D eigenvalue weighted by Crippen LogP contribution is 2.32. The van der Waals surface area contributed by atoms with Gasteiger partial charge in [-0.25, -0.2) is 0 Å². The highest BCUT2D eigenvalue weighted by molar-refractivity contribution is 5.28. The van der Waals surface area contributed by atoms with Crippen LogP contribution in [-0.2, 0) is 6.18 Å². The monoisotopic (exact) mass is 275 g/mol. The van der Waals surface area contributed by atoms with E-state index in [0.29, 0.717) is 18.5 Å². The summed E-state index contributed by atoms with van der Waals surface area (Å²) in [6.45, 7) is 4.56. The molecule has 0 amide bonds. The first kappa shape index (κ1) is 16.0. The number of alkyl halides is 3. The molecule has 0 aromatic heterocycles. The quantitative estimate of drug-likeness (QED) is 0.780. The highest BCUT2D eigenvalue weighted by atomic mass is 19.4. The third-order valence-corrected chi connectivity index (χ3v) is 2.94. The lowest BCUT2D eigenvalue weighted by atomic mass is 9.94. The van der Waals surface area contributed by atoms with Gasteiger partial charge in [-0.15, -0.1) is 0 Å². The predicted octanol–water partition coefficient (Wildman–Crippen LogP) is 3.37. The van der Waals surface area contributed by atoms with E-state index in [1.165, 1.54) is 12.1 Å². The first-order valence-corrected chi connectivity index (χ1v) is 6.37. The van der Waals surface area contributed by atoms with Crippen LogP contribution in [0.3, 0.4) is 0 Å². The largest absolute Gasteiger partial charge is 0.416 e. The van der Waals surface area contributed by atoms with Gasteiger partial charge in [0.25, 0.3) is 0 Å². The molecule has 108 valence electrons. The molecule has 0 aliphatic rings. The van der Waals surface area contributed by atoms with Crippen LogP contribution in [0.1, 0.15) is 37.4 Å². The molecule has 0 saturated heterocycles. The Labute approximate surface area is 111 Å². The zero-order valence-corrected chi connectivity index (χ0v) is 11.2. The Hall–Kier alpha value is -1.07. The van der Waals surface area contributed by atoms with E-state index in [1.807, 2.05) is 13.8 Å². The Morgan fingerprint density at radius 2 is 1.95 bits per heavy atom. The maximum Gasteiger partial charge on any atom is 0.416 e. The van der Waals surface area contributed by atoms with Crippen molar-refractivity contribution >= 4 is 0 Å². The average molecular weight is 275 g/mol. The summed E-state index contributed by atoms with van der Waals surface area (Å²) >= 11 is 0. The summed E-state index contributed by atoms with van der Waals surface area (Å²) in [7, 11) is 0. The molecule has 0 aliphatic heterocycles. The fourth-order valence-electron chi connectivity index (χ4n) is 1.98. The lowest BCUT2D eigenvalue weighted by Gasteiger charge is -2.23. The SMILES string of the molecule is CC(C)C(NCCCO)c1cccc(C(F)(F)F)c1. The molecule has 1 atom stereocenters. The highest BCUT2D eigenvalue weighted by Gasteiger charge is 2.31. The van der Waals surface area contributed by atoms with Gasteiger partial charge in [0.15, 0.2) is 0 Å². The number of aliphatic hydroxyl groups is 1. The first-order chi connectivity index (χ1) is 8.86. The molecule has 0 spiro atoms. The molecule has 1 rings (SSSR count). The molecule has 1 aromatic rings. The van der Waals surface area contributed by atoms with Gasteiger partial charge in [-0.1, -0.05) is 26.0 Å². The molecule has 1 unspecified atom stereocenters. The summed E-state index contributed by atoms with van der Waals surface area (Å²) in [5, 5.41) is 11.9. The molecule has 0 heterocycles. The second kappa shape index (κ2) is 6.91. The second-order valence-corrected chi connectivity index (χ2v) is 4.88. The van der Waals surface area contributed by atoms with Crippen molar-refractivity contribution in [3.63, 3.8) is 0 Å². The number of hydrogen-bond acceptors (Lipinski definition) is 2. The van der Waals surface area contributed by atoms with Crippen molar-refractivity contribution in [2.45, 2.75) is 32.5 Å². The topological polar surface area (TPSA) is 32.3 Å². The lowest BCUT2D eigenvalue weighted by molar-refractivity contribution is -0.137. The van der Waals surface area contributed by atoms with Crippen molar-refractivity contribution in [1.82, 2.24) is 5.32 Å². The van der Waals surface area contributed by atoms with Crippen molar-refractivity contribution in [2.24, 2.45) is 5.92 Å². The molecular weight excluding hydrogens is 255 g/mol. The van der Waals surface area contributed by atoms with Gasteiger partial charge in [-0.05, 0) is 36.6 Å². The van der Waals surface area contributed by atoms with Crippen LogP contribution in [0, 0.1) is 5.92 Å². The lowest BCUT2D eigenvalue weighted by Crippen LogP contribution is -2.27. The van der Waals surface area contributed by atoms with Gasteiger partial charge in [0, 0.05) is 12.6 Å². The Morgan fingerprint density at radius 1 is 1.26 bits per heavy atom.